The highest BCUT2D eigenvalue weighted by molar-refractivity contribution is 9.10. The highest BCUT2D eigenvalue weighted by atomic mass is 79.9. The van der Waals surface area contributed by atoms with Crippen molar-refractivity contribution >= 4 is 53.7 Å². The highest BCUT2D eigenvalue weighted by Crippen LogP contribution is 2.31. The van der Waals surface area contributed by atoms with Crippen molar-refractivity contribution < 1.29 is 8.42 Å². The van der Waals surface area contributed by atoms with Crippen molar-refractivity contribution in [1.29, 1.82) is 0 Å². The lowest BCUT2D eigenvalue weighted by Gasteiger charge is -2.10. The SMILES string of the molecule is O=S(=O)(Nc1ccc(Br)c2ccccc12)c1cccs1. The van der Waals surface area contributed by atoms with Crippen LogP contribution in [0.5, 0.6) is 0 Å². The first-order chi connectivity index (χ1) is 9.58. The monoisotopic (exact) mass is 367 g/mol. The number of hydrogen-bond donors (Lipinski definition) is 1. The van der Waals surface area contributed by atoms with E-state index in [2.05, 4.69) is 20.7 Å². The van der Waals surface area contributed by atoms with E-state index in [0.717, 1.165) is 15.2 Å². The number of fused-ring (bicyclic) bond motifs is 1. The second-order valence-electron chi connectivity index (χ2n) is 4.18. The van der Waals surface area contributed by atoms with Gasteiger partial charge < -0.3 is 0 Å². The predicted octanol–water partition coefficient (Wildman–Crippen LogP) is 4.46. The summed E-state index contributed by atoms with van der Waals surface area (Å²) < 4.78 is 28.5. The molecule has 1 aromatic heterocycles. The normalized spacial score (nSPS) is 11.7. The van der Waals surface area contributed by atoms with Crippen LogP contribution in [0, 0.1) is 0 Å². The Morgan fingerprint density at radius 2 is 1.70 bits per heavy atom. The molecule has 0 aliphatic heterocycles. The Morgan fingerprint density at radius 1 is 0.950 bits per heavy atom. The van der Waals surface area contributed by atoms with Gasteiger partial charge in [-0.2, -0.15) is 0 Å². The fourth-order valence-corrected chi connectivity index (χ4v) is 4.51. The molecule has 0 radical (unpaired) electrons. The summed E-state index contributed by atoms with van der Waals surface area (Å²) in [7, 11) is -3.52. The first-order valence-corrected chi connectivity index (χ1v) is 8.97. The van der Waals surface area contributed by atoms with Gasteiger partial charge in [-0.25, -0.2) is 8.42 Å². The molecular weight excluding hydrogens is 358 g/mol. The fourth-order valence-electron chi connectivity index (χ4n) is 1.96. The average Bonchev–Trinajstić information content (AvgIpc) is 2.97. The van der Waals surface area contributed by atoms with Crippen LogP contribution in [0.1, 0.15) is 0 Å². The summed E-state index contributed by atoms with van der Waals surface area (Å²) in [6, 6.07) is 14.6. The quantitative estimate of drug-likeness (QED) is 0.742. The summed E-state index contributed by atoms with van der Waals surface area (Å²) in [4.78, 5) is 0. The van der Waals surface area contributed by atoms with E-state index in [0.29, 0.717) is 9.90 Å². The first-order valence-electron chi connectivity index (χ1n) is 5.81. The van der Waals surface area contributed by atoms with Gasteiger partial charge in [0.1, 0.15) is 4.21 Å². The van der Waals surface area contributed by atoms with Crippen LogP contribution in [0.2, 0.25) is 0 Å². The number of thiophene rings is 1. The van der Waals surface area contributed by atoms with Crippen LogP contribution in [-0.2, 0) is 10.0 Å². The lowest BCUT2D eigenvalue weighted by atomic mass is 10.1. The van der Waals surface area contributed by atoms with Crippen LogP contribution >= 0.6 is 27.3 Å². The summed E-state index contributed by atoms with van der Waals surface area (Å²) >= 11 is 4.67. The predicted molar refractivity (Wildman–Crippen MR) is 86.8 cm³/mol. The maximum atomic E-state index is 12.3. The van der Waals surface area contributed by atoms with E-state index in [-0.39, 0.29) is 0 Å². The van der Waals surface area contributed by atoms with Crippen molar-refractivity contribution in [3.05, 3.63) is 58.4 Å². The highest BCUT2D eigenvalue weighted by Gasteiger charge is 2.16. The van der Waals surface area contributed by atoms with Gasteiger partial charge in [-0.15, -0.1) is 11.3 Å². The van der Waals surface area contributed by atoms with Crippen LogP contribution in [0.25, 0.3) is 10.8 Å². The Hall–Kier alpha value is -1.37. The Morgan fingerprint density at radius 3 is 2.40 bits per heavy atom. The molecule has 0 bridgehead atoms. The van der Waals surface area contributed by atoms with Gasteiger partial charge in [0.15, 0.2) is 0 Å². The Labute approximate surface area is 129 Å². The van der Waals surface area contributed by atoms with Crippen molar-refractivity contribution in [2.45, 2.75) is 4.21 Å². The van der Waals surface area contributed by atoms with Crippen molar-refractivity contribution in [2.24, 2.45) is 0 Å². The molecule has 3 nitrogen and oxygen atoms in total. The molecule has 0 saturated heterocycles. The van der Waals surface area contributed by atoms with E-state index < -0.39 is 10.0 Å². The number of rotatable bonds is 3. The third kappa shape index (κ3) is 2.46. The molecule has 102 valence electrons. The summed E-state index contributed by atoms with van der Waals surface area (Å²) in [5, 5.41) is 3.58. The average molecular weight is 368 g/mol. The maximum Gasteiger partial charge on any atom is 0.271 e. The van der Waals surface area contributed by atoms with Gasteiger partial charge in [0.05, 0.1) is 5.69 Å². The Balaban J connectivity index is 2.11. The summed E-state index contributed by atoms with van der Waals surface area (Å²) in [5.41, 5.74) is 0.581. The molecule has 0 fully saturated rings. The third-order valence-electron chi connectivity index (χ3n) is 2.88. The lowest BCUT2D eigenvalue weighted by Crippen LogP contribution is -2.11. The van der Waals surface area contributed by atoms with E-state index in [9.17, 15) is 8.42 Å². The van der Waals surface area contributed by atoms with Crippen LogP contribution in [0.4, 0.5) is 5.69 Å². The van der Waals surface area contributed by atoms with Gasteiger partial charge in [-0.05, 0) is 29.0 Å². The van der Waals surface area contributed by atoms with Crippen LogP contribution in [0.3, 0.4) is 0 Å². The van der Waals surface area contributed by atoms with Gasteiger partial charge in [0.2, 0.25) is 0 Å². The van der Waals surface area contributed by atoms with Crippen molar-refractivity contribution in [3.8, 4) is 0 Å². The van der Waals surface area contributed by atoms with Gasteiger partial charge >= 0.3 is 0 Å². The van der Waals surface area contributed by atoms with Crippen LogP contribution in [-0.4, -0.2) is 8.42 Å². The van der Waals surface area contributed by atoms with E-state index in [4.69, 9.17) is 0 Å². The molecule has 3 rings (SSSR count). The number of hydrogen-bond acceptors (Lipinski definition) is 3. The van der Waals surface area contributed by atoms with Gasteiger partial charge in [0, 0.05) is 9.86 Å². The second kappa shape index (κ2) is 5.20. The smallest absolute Gasteiger partial charge is 0.271 e. The Kier molecular flexibility index (Phi) is 3.54. The molecule has 20 heavy (non-hydrogen) atoms. The summed E-state index contributed by atoms with van der Waals surface area (Å²) in [6.45, 7) is 0. The number of benzene rings is 2. The number of halogens is 1. The van der Waals surface area contributed by atoms with Gasteiger partial charge in [0.25, 0.3) is 10.0 Å². The Bertz CT molecular complexity index is 858. The standard InChI is InChI=1S/C14H10BrNO2S2/c15-12-7-8-13(11-5-2-1-4-10(11)12)16-20(17,18)14-6-3-9-19-14/h1-9,16H. The van der Waals surface area contributed by atoms with E-state index in [1.807, 2.05) is 30.3 Å². The largest absolute Gasteiger partial charge is 0.278 e. The molecule has 0 atom stereocenters. The van der Waals surface area contributed by atoms with E-state index in [1.165, 1.54) is 11.3 Å². The molecule has 2 aromatic carbocycles. The first kappa shape index (κ1) is 13.6. The number of anilines is 1. The molecule has 0 aliphatic rings. The minimum absolute atomic E-state index is 0.310. The zero-order chi connectivity index (χ0) is 14.2. The van der Waals surface area contributed by atoms with Crippen LogP contribution < -0.4 is 4.72 Å². The molecule has 0 saturated carbocycles. The molecule has 1 heterocycles. The summed E-state index contributed by atoms with van der Waals surface area (Å²) in [5.74, 6) is 0. The molecule has 0 spiro atoms. The van der Waals surface area contributed by atoms with E-state index >= 15 is 0 Å². The van der Waals surface area contributed by atoms with E-state index in [1.54, 1.807) is 23.6 Å². The van der Waals surface area contributed by atoms with Gasteiger partial charge in [-0.1, -0.05) is 46.3 Å². The number of nitrogens with one attached hydrogen (secondary N) is 1. The van der Waals surface area contributed by atoms with Gasteiger partial charge in [-0.3, -0.25) is 4.72 Å². The molecule has 3 aromatic rings. The zero-order valence-electron chi connectivity index (χ0n) is 10.2. The van der Waals surface area contributed by atoms with Crippen LogP contribution in [0.15, 0.2) is 62.6 Å². The maximum absolute atomic E-state index is 12.3. The number of sulfonamides is 1. The second-order valence-corrected chi connectivity index (χ2v) is 7.89. The molecule has 1 N–H and O–H groups in total. The van der Waals surface area contributed by atoms with Crippen molar-refractivity contribution in [1.82, 2.24) is 0 Å². The minimum Gasteiger partial charge on any atom is -0.278 e. The fraction of sp³-hybridized carbons (Fsp3) is 0. The summed E-state index contributed by atoms with van der Waals surface area (Å²) in [6.07, 6.45) is 0. The topological polar surface area (TPSA) is 46.2 Å². The minimum atomic E-state index is -3.52. The molecule has 0 aliphatic carbocycles. The van der Waals surface area contributed by atoms with Crippen molar-refractivity contribution in [2.75, 3.05) is 4.72 Å². The van der Waals surface area contributed by atoms with Crippen molar-refractivity contribution in [3.63, 3.8) is 0 Å². The molecule has 0 unspecified atom stereocenters. The third-order valence-corrected chi connectivity index (χ3v) is 6.33. The zero-order valence-corrected chi connectivity index (χ0v) is 13.4. The molecule has 6 heteroatoms. The molecule has 0 amide bonds. The lowest BCUT2D eigenvalue weighted by molar-refractivity contribution is 0.603. The molecular formula is C14H10BrNO2S2.